The maximum absolute atomic E-state index is 13.5. The Hall–Kier alpha value is -2.78. The van der Waals surface area contributed by atoms with Crippen molar-refractivity contribution in [1.29, 1.82) is 0 Å². The number of anilines is 3. The number of ether oxygens (including phenoxy) is 1. The minimum Gasteiger partial charge on any atom is -0.378 e. The Morgan fingerprint density at radius 3 is 2.17 bits per heavy atom. The Kier molecular flexibility index (Phi) is 7.86. The highest BCUT2D eigenvalue weighted by Gasteiger charge is 2.28. The monoisotopic (exact) mass is 533 g/mol. The molecule has 1 fully saturated rings. The summed E-state index contributed by atoms with van der Waals surface area (Å²) in [7, 11) is -4.08. The molecule has 35 heavy (non-hydrogen) atoms. The molecule has 3 aromatic rings. The van der Waals surface area contributed by atoms with Crippen LogP contribution in [-0.2, 0) is 19.6 Å². The lowest BCUT2D eigenvalue weighted by molar-refractivity contribution is -0.114. The second-order valence-corrected chi connectivity index (χ2v) is 10.9. The lowest BCUT2D eigenvalue weighted by Gasteiger charge is -2.29. The Morgan fingerprint density at radius 1 is 0.971 bits per heavy atom. The van der Waals surface area contributed by atoms with Crippen molar-refractivity contribution in [3.05, 3.63) is 82.3 Å². The number of sulfonamides is 1. The maximum atomic E-state index is 13.5. The van der Waals surface area contributed by atoms with E-state index >= 15 is 0 Å². The van der Waals surface area contributed by atoms with Crippen LogP contribution in [0.1, 0.15) is 5.56 Å². The first-order chi connectivity index (χ1) is 16.7. The van der Waals surface area contributed by atoms with Crippen molar-refractivity contribution in [1.82, 2.24) is 0 Å². The number of benzene rings is 3. The maximum Gasteiger partial charge on any atom is 0.264 e. The molecule has 1 amide bonds. The molecule has 1 aliphatic rings. The molecule has 0 saturated carbocycles. The molecular weight excluding hydrogens is 509 g/mol. The van der Waals surface area contributed by atoms with Crippen LogP contribution in [0.5, 0.6) is 0 Å². The summed E-state index contributed by atoms with van der Waals surface area (Å²) in [6, 6.07) is 18.2. The summed E-state index contributed by atoms with van der Waals surface area (Å²) in [5.41, 5.74) is 2.70. The number of nitrogens with one attached hydrogen (secondary N) is 1. The van der Waals surface area contributed by atoms with E-state index in [2.05, 4.69) is 10.2 Å². The Balaban J connectivity index is 1.57. The van der Waals surface area contributed by atoms with Gasteiger partial charge in [-0.05, 0) is 61.5 Å². The van der Waals surface area contributed by atoms with Crippen LogP contribution in [-0.4, -0.2) is 47.2 Å². The zero-order valence-corrected chi connectivity index (χ0v) is 21.4. The second kappa shape index (κ2) is 10.9. The van der Waals surface area contributed by atoms with Gasteiger partial charge in [-0.3, -0.25) is 9.10 Å². The van der Waals surface area contributed by atoms with Crippen LogP contribution >= 0.6 is 23.2 Å². The molecule has 3 aromatic carbocycles. The lowest BCUT2D eigenvalue weighted by Crippen LogP contribution is -2.38. The number of carbonyl (C=O) groups excluding carboxylic acids is 1. The highest BCUT2D eigenvalue weighted by Crippen LogP contribution is 2.30. The Morgan fingerprint density at radius 2 is 1.57 bits per heavy atom. The number of aryl methyl sites for hydroxylation is 1. The molecule has 184 valence electrons. The molecule has 0 aromatic heterocycles. The number of halogens is 2. The van der Waals surface area contributed by atoms with E-state index in [4.69, 9.17) is 27.9 Å². The predicted octanol–water partition coefficient (Wildman–Crippen LogP) is 4.97. The number of rotatable bonds is 7. The molecule has 0 spiro atoms. The van der Waals surface area contributed by atoms with Crippen LogP contribution in [0.3, 0.4) is 0 Å². The Labute approximate surface area is 215 Å². The number of morpholine rings is 1. The second-order valence-electron chi connectivity index (χ2n) is 8.15. The molecule has 0 aliphatic carbocycles. The number of hydrogen-bond acceptors (Lipinski definition) is 5. The molecule has 4 rings (SSSR count). The van der Waals surface area contributed by atoms with Crippen LogP contribution in [0, 0.1) is 6.92 Å². The van der Waals surface area contributed by atoms with Crippen molar-refractivity contribution < 1.29 is 17.9 Å². The van der Waals surface area contributed by atoms with Gasteiger partial charge < -0.3 is 15.0 Å². The zero-order chi connectivity index (χ0) is 25.0. The molecule has 0 bridgehead atoms. The van der Waals surface area contributed by atoms with E-state index in [0.29, 0.717) is 18.9 Å². The molecule has 1 heterocycles. The van der Waals surface area contributed by atoms with Crippen LogP contribution in [0.25, 0.3) is 0 Å². The van der Waals surface area contributed by atoms with Gasteiger partial charge in [0.25, 0.3) is 10.0 Å². The third-order valence-corrected chi connectivity index (χ3v) is 7.78. The van der Waals surface area contributed by atoms with Gasteiger partial charge in [-0.1, -0.05) is 40.9 Å². The van der Waals surface area contributed by atoms with Crippen LogP contribution in [0.15, 0.2) is 71.6 Å². The van der Waals surface area contributed by atoms with E-state index in [0.717, 1.165) is 28.6 Å². The predicted molar refractivity (Wildman–Crippen MR) is 140 cm³/mol. The molecule has 1 saturated heterocycles. The number of carbonyl (C=O) groups is 1. The lowest BCUT2D eigenvalue weighted by atomic mass is 10.2. The fraction of sp³-hybridized carbons (Fsp3) is 0.240. The summed E-state index contributed by atoms with van der Waals surface area (Å²) < 4.78 is 33.4. The van der Waals surface area contributed by atoms with E-state index in [1.807, 2.05) is 19.1 Å². The van der Waals surface area contributed by atoms with E-state index in [1.54, 1.807) is 24.3 Å². The van der Waals surface area contributed by atoms with Crippen molar-refractivity contribution in [3.8, 4) is 0 Å². The average Bonchev–Trinajstić information content (AvgIpc) is 2.83. The molecular formula is C25H25Cl2N3O4S. The van der Waals surface area contributed by atoms with Gasteiger partial charge in [0.1, 0.15) is 6.54 Å². The Bertz CT molecular complexity index is 1270. The molecule has 7 nitrogen and oxygen atoms in total. The quantitative estimate of drug-likeness (QED) is 0.463. The molecule has 10 heteroatoms. The number of nitrogens with zero attached hydrogens (tertiary/aromatic N) is 2. The van der Waals surface area contributed by atoms with Gasteiger partial charge in [-0.15, -0.1) is 0 Å². The van der Waals surface area contributed by atoms with Gasteiger partial charge >= 0.3 is 0 Å². The van der Waals surface area contributed by atoms with Gasteiger partial charge in [-0.25, -0.2) is 8.42 Å². The van der Waals surface area contributed by atoms with Crippen LogP contribution < -0.4 is 14.5 Å². The molecule has 0 radical (unpaired) electrons. The largest absolute Gasteiger partial charge is 0.378 e. The van der Waals surface area contributed by atoms with Gasteiger partial charge in [0.2, 0.25) is 5.91 Å². The smallest absolute Gasteiger partial charge is 0.264 e. The normalized spacial score (nSPS) is 14.0. The molecule has 1 aliphatic heterocycles. The first-order valence-corrected chi connectivity index (χ1v) is 13.2. The van der Waals surface area contributed by atoms with Crippen molar-refractivity contribution in [2.75, 3.05) is 47.4 Å². The first kappa shape index (κ1) is 25.3. The fourth-order valence-corrected chi connectivity index (χ4v) is 5.66. The number of amides is 1. The summed E-state index contributed by atoms with van der Waals surface area (Å²) in [5, 5.41) is 3.30. The molecule has 0 atom stereocenters. The van der Waals surface area contributed by atoms with Crippen molar-refractivity contribution in [2.24, 2.45) is 0 Å². The third kappa shape index (κ3) is 6.27. The van der Waals surface area contributed by atoms with E-state index in [9.17, 15) is 13.2 Å². The topological polar surface area (TPSA) is 79.0 Å². The summed E-state index contributed by atoms with van der Waals surface area (Å²) in [6.07, 6.45) is 0. The number of hydrogen-bond donors (Lipinski definition) is 1. The zero-order valence-electron chi connectivity index (χ0n) is 19.1. The summed E-state index contributed by atoms with van der Waals surface area (Å²) in [4.78, 5) is 15.2. The highest BCUT2D eigenvalue weighted by atomic mass is 35.5. The third-order valence-electron chi connectivity index (χ3n) is 5.56. The summed E-state index contributed by atoms with van der Waals surface area (Å²) in [6.45, 7) is 4.37. The minimum absolute atomic E-state index is 0.0573. The van der Waals surface area contributed by atoms with E-state index < -0.39 is 22.5 Å². The standard InChI is InChI=1S/C25H25Cl2N3O4S/c1-18-2-8-24(9-3-18)35(32,33)30(23-15-19(26)14-20(27)16-23)17-25(31)28-21-4-6-22(7-5-21)29-10-12-34-13-11-29/h2-9,14-16H,10-13,17H2,1H3,(H,28,31). The fourth-order valence-electron chi connectivity index (χ4n) is 3.74. The van der Waals surface area contributed by atoms with Crippen LogP contribution in [0.2, 0.25) is 10.0 Å². The van der Waals surface area contributed by atoms with Crippen molar-refractivity contribution in [2.45, 2.75) is 11.8 Å². The van der Waals surface area contributed by atoms with E-state index in [1.165, 1.54) is 30.3 Å². The summed E-state index contributed by atoms with van der Waals surface area (Å²) in [5.74, 6) is -0.504. The van der Waals surface area contributed by atoms with Gasteiger partial charge in [0.15, 0.2) is 0 Å². The first-order valence-electron chi connectivity index (χ1n) is 11.0. The average molecular weight is 534 g/mol. The highest BCUT2D eigenvalue weighted by molar-refractivity contribution is 7.92. The minimum atomic E-state index is -4.08. The molecule has 0 unspecified atom stereocenters. The van der Waals surface area contributed by atoms with Crippen LogP contribution in [0.4, 0.5) is 17.1 Å². The van der Waals surface area contributed by atoms with Crippen molar-refractivity contribution in [3.63, 3.8) is 0 Å². The van der Waals surface area contributed by atoms with Gasteiger partial charge in [0.05, 0.1) is 23.8 Å². The SMILES string of the molecule is Cc1ccc(S(=O)(=O)N(CC(=O)Nc2ccc(N3CCOCC3)cc2)c2cc(Cl)cc(Cl)c2)cc1. The summed E-state index contributed by atoms with van der Waals surface area (Å²) >= 11 is 12.3. The van der Waals surface area contributed by atoms with Gasteiger partial charge in [-0.2, -0.15) is 0 Å². The van der Waals surface area contributed by atoms with E-state index in [-0.39, 0.29) is 20.6 Å². The molecule has 1 N–H and O–H groups in total. The van der Waals surface area contributed by atoms with Gasteiger partial charge in [0, 0.05) is 34.5 Å². The van der Waals surface area contributed by atoms with Crippen molar-refractivity contribution >= 4 is 56.2 Å².